The first-order valence-corrected chi connectivity index (χ1v) is 3.80. The molecule has 0 radical (unpaired) electrons. The summed E-state index contributed by atoms with van der Waals surface area (Å²) in [7, 11) is 0. The first-order valence-electron chi connectivity index (χ1n) is 3.80. The predicted octanol–water partition coefficient (Wildman–Crippen LogP) is 3.76. The van der Waals surface area contributed by atoms with Crippen molar-refractivity contribution >= 4 is 0 Å². The number of halogens is 2. The second kappa shape index (κ2) is 5.05. The molecule has 0 aliphatic carbocycles. The fourth-order valence-corrected chi connectivity index (χ4v) is 0.552. The summed E-state index contributed by atoms with van der Waals surface area (Å²) in [5.41, 5.74) is 0. The van der Waals surface area contributed by atoms with Gasteiger partial charge in [0.25, 0.3) is 0 Å². The first-order chi connectivity index (χ1) is 5.07. The highest BCUT2D eigenvalue weighted by Crippen LogP contribution is 2.14. The Balaban J connectivity index is 4.18. The van der Waals surface area contributed by atoms with Crippen molar-refractivity contribution in [2.45, 2.75) is 27.2 Å². The van der Waals surface area contributed by atoms with Crippen molar-refractivity contribution in [1.29, 1.82) is 0 Å². The maximum atomic E-state index is 12.7. The van der Waals surface area contributed by atoms with Crippen LogP contribution < -0.4 is 0 Å². The van der Waals surface area contributed by atoms with E-state index in [1.165, 1.54) is 6.08 Å². The lowest BCUT2D eigenvalue weighted by atomic mass is 10.2. The summed E-state index contributed by atoms with van der Waals surface area (Å²) in [6.07, 6.45) is 2.88. The topological polar surface area (TPSA) is 0 Å². The SMILES string of the molecule is CC/C=C(F)\C=C(\F)C(C)C. The molecule has 0 N–H and O–H groups in total. The van der Waals surface area contributed by atoms with Crippen LogP contribution in [0.2, 0.25) is 0 Å². The van der Waals surface area contributed by atoms with E-state index in [2.05, 4.69) is 0 Å². The Morgan fingerprint density at radius 3 is 2.27 bits per heavy atom. The average molecular weight is 160 g/mol. The Labute approximate surface area is 66.6 Å². The van der Waals surface area contributed by atoms with E-state index in [1.807, 2.05) is 0 Å². The molecule has 0 aliphatic rings. The van der Waals surface area contributed by atoms with E-state index >= 15 is 0 Å². The minimum absolute atomic E-state index is 0.231. The molecule has 0 saturated carbocycles. The summed E-state index contributed by atoms with van der Waals surface area (Å²) in [6, 6.07) is 0. The van der Waals surface area contributed by atoms with Crippen molar-refractivity contribution in [2.75, 3.05) is 0 Å². The fourth-order valence-electron chi connectivity index (χ4n) is 0.552. The van der Waals surface area contributed by atoms with Crippen LogP contribution in [0.3, 0.4) is 0 Å². The normalized spacial score (nSPS) is 14.4. The lowest BCUT2D eigenvalue weighted by Gasteiger charge is -1.98. The molecule has 0 fully saturated rings. The van der Waals surface area contributed by atoms with Gasteiger partial charge in [-0.1, -0.05) is 20.8 Å². The van der Waals surface area contributed by atoms with Crippen LogP contribution in [0.4, 0.5) is 8.78 Å². The number of rotatable bonds is 3. The highest BCUT2D eigenvalue weighted by molar-refractivity contribution is 5.14. The van der Waals surface area contributed by atoms with Gasteiger partial charge in [0.1, 0.15) is 11.7 Å². The summed E-state index contributed by atoms with van der Waals surface area (Å²) >= 11 is 0. The largest absolute Gasteiger partial charge is 0.211 e. The van der Waals surface area contributed by atoms with Crippen molar-refractivity contribution in [3.8, 4) is 0 Å². The van der Waals surface area contributed by atoms with Gasteiger partial charge in [-0.3, -0.25) is 0 Å². The standard InChI is InChI=1S/C9H14F2/c1-4-5-8(10)6-9(11)7(2)3/h5-7H,4H2,1-3H3/b8-5+,9-6+. The van der Waals surface area contributed by atoms with Crippen LogP contribution >= 0.6 is 0 Å². The maximum absolute atomic E-state index is 12.7. The Kier molecular flexibility index (Phi) is 4.75. The molecule has 0 aromatic heterocycles. The molecule has 0 amide bonds. The second-order valence-corrected chi connectivity index (χ2v) is 2.68. The van der Waals surface area contributed by atoms with Crippen molar-refractivity contribution in [1.82, 2.24) is 0 Å². The Morgan fingerprint density at radius 1 is 1.36 bits per heavy atom. The van der Waals surface area contributed by atoms with E-state index in [0.717, 1.165) is 6.08 Å². The zero-order valence-electron chi connectivity index (χ0n) is 7.20. The first kappa shape index (κ1) is 10.3. The molecule has 11 heavy (non-hydrogen) atoms. The molecule has 0 aliphatic heterocycles. The van der Waals surface area contributed by atoms with Crippen LogP contribution in [0, 0.1) is 5.92 Å². The maximum Gasteiger partial charge on any atom is 0.121 e. The monoisotopic (exact) mass is 160 g/mol. The van der Waals surface area contributed by atoms with E-state index in [0.29, 0.717) is 6.42 Å². The van der Waals surface area contributed by atoms with Gasteiger partial charge < -0.3 is 0 Å². The molecule has 0 aromatic rings. The molecular formula is C9H14F2. The van der Waals surface area contributed by atoms with E-state index in [9.17, 15) is 8.78 Å². The van der Waals surface area contributed by atoms with Crippen LogP contribution in [0.15, 0.2) is 23.8 Å². The van der Waals surface area contributed by atoms with Gasteiger partial charge in [0.2, 0.25) is 0 Å². The molecule has 0 aromatic carbocycles. The van der Waals surface area contributed by atoms with Gasteiger partial charge in [0, 0.05) is 12.0 Å². The van der Waals surface area contributed by atoms with Crippen molar-refractivity contribution < 1.29 is 8.78 Å². The van der Waals surface area contributed by atoms with Gasteiger partial charge >= 0.3 is 0 Å². The minimum atomic E-state index is -0.487. The summed E-state index contributed by atoms with van der Waals surface area (Å²) in [5.74, 6) is -1.13. The minimum Gasteiger partial charge on any atom is -0.211 e. The van der Waals surface area contributed by atoms with Gasteiger partial charge in [-0.2, -0.15) is 0 Å². The van der Waals surface area contributed by atoms with Gasteiger partial charge in [0.05, 0.1) is 0 Å². The van der Waals surface area contributed by atoms with Crippen LogP contribution in [-0.2, 0) is 0 Å². The van der Waals surface area contributed by atoms with Gasteiger partial charge in [0.15, 0.2) is 0 Å². The van der Waals surface area contributed by atoms with Crippen LogP contribution in [0.25, 0.3) is 0 Å². The zero-order valence-corrected chi connectivity index (χ0v) is 7.20. The van der Waals surface area contributed by atoms with Crippen LogP contribution in [0.1, 0.15) is 27.2 Å². The van der Waals surface area contributed by atoms with Crippen LogP contribution in [-0.4, -0.2) is 0 Å². The molecular weight excluding hydrogens is 146 g/mol. The zero-order chi connectivity index (χ0) is 8.85. The van der Waals surface area contributed by atoms with E-state index in [4.69, 9.17) is 0 Å². The number of hydrogen-bond donors (Lipinski definition) is 0. The lowest BCUT2D eigenvalue weighted by Crippen LogP contribution is -1.86. The van der Waals surface area contributed by atoms with Gasteiger partial charge in [-0.05, 0) is 12.5 Å². The smallest absolute Gasteiger partial charge is 0.121 e. The number of hydrogen-bond acceptors (Lipinski definition) is 0. The Bertz CT molecular complexity index is 166. The fraction of sp³-hybridized carbons (Fsp3) is 0.556. The molecule has 0 unspecified atom stereocenters. The molecule has 0 atom stereocenters. The lowest BCUT2D eigenvalue weighted by molar-refractivity contribution is 0.512. The molecule has 0 heterocycles. The van der Waals surface area contributed by atoms with Crippen molar-refractivity contribution in [3.63, 3.8) is 0 Å². The van der Waals surface area contributed by atoms with Gasteiger partial charge in [-0.15, -0.1) is 0 Å². The third-order valence-corrected chi connectivity index (χ3v) is 1.23. The van der Waals surface area contributed by atoms with Gasteiger partial charge in [-0.25, -0.2) is 8.78 Å². The average Bonchev–Trinajstić information content (AvgIpc) is 1.87. The molecule has 2 heteroatoms. The van der Waals surface area contributed by atoms with Crippen molar-refractivity contribution in [2.24, 2.45) is 5.92 Å². The summed E-state index contributed by atoms with van der Waals surface area (Å²) < 4.78 is 25.2. The summed E-state index contributed by atoms with van der Waals surface area (Å²) in [4.78, 5) is 0. The number of allylic oxidation sites excluding steroid dienone is 4. The molecule has 0 saturated heterocycles. The van der Waals surface area contributed by atoms with E-state index < -0.39 is 11.7 Å². The van der Waals surface area contributed by atoms with Crippen LogP contribution in [0.5, 0.6) is 0 Å². The van der Waals surface area contributed by atoms with Crippen molar-refractivity contribution in [3.05, 3.63) is 23.8 Å². The molecule has 0 spiro atoms. The molecule has 64 valence electrons. The highest BCUT2D eigenvalue weighted by atomic mass is 19.1. The third-order valence-electron chi connectivity index (χ3n) is 1.23. The quantitative estimate of drug-likeness (QED) is 0.551. The molecule has 0 nitrogen and oxygen atoms in total. The molecule has 0 bridgehead atoms. The third kappa shape index (κ3) is 4.71. The van der Waals surface area contributed by atoms with E-state index in [-0.39, 0.29) is 5.92 Å². The molecule has 0 rings (SSSR count). The summed E-state index contributed by atoms with van der Waals surface area (Å²) in [6.45, 7) is 5.18. The highest BCUT2D eigenvalue weighted by Gasteiger charge is 2.01. The summed E-state index contributed by atoms with van der Waals surface area (Å²) in [5, 5.41) is 0. The van der Waals surface area contributed by atoms with E-state index in [1.54, 1.807) is 20.8 Å². The Hall–Kier alpha value is -0.660. The predicted molar refractivity (Wildman–Crippen MR) is 43.5 cm³/mol. The second-order valence-electron chi connectivity index (χ2n) is 2.68. The Morgan fingerprint density at radius 2 is 1.91 bits per heavy atom.